The fourth-order valence-electron chi connectivity index (χ4n) is 3.19. The molecule has 2 aliphatic heterocycles. The Morgan fingerprint density at radius 1 is 1.35 bits per heavy atom. The van der Waals surface area contributed by atoms with E-state index >= 15 is 0 Å². The van der Waals surface area contributed by atoms with Crippen molar-refractivity contribution in [2.24, 2.45) is 5.92 Å². The van der Waals surface area contributed by atoms with E-state index in [0.29, 0.717) is 11.9 Å². The number of carbonyl (C=O) groups excluding carboxylic acids is 1. The zero-order valence-corrected chi connectivity index (χ0v) is 11.1. The first-order valence-corrected chi connectivity index (χ1v) is 7.31. The molecule has 0 aromatic heterocycles. The van der Waals surface area contributed by atoms with E-state index in [1.807, 2.05) is 0 Å². The molecule has 3 nitrogen and oxygen atoms in total. The average molecular weight is 238 g/mol. The van der Waals surface area contributed by atoms with Gasteiger partial charge in [0, 0.05) is 19.0 Å². The third-order valence-corrected chi connectivity index (χ3v) is 4.35. The minimum atomic E-state index is 0.406. The lowest BCUT2D eigenvalue weighted by Gasteiger charge is -2.35. The number of nitrogens with one attached hydrogen (secondary N) is 1. The molecular weight excluding hydrogens is 212 g/mol. The predicted molar refractivity (Wildman–Crippen MR) is 69.9 cm³/mol. The molecule has 2 rings (SSSR count). The van der Waals surface area contributed by atoms with Crippen LogP contribution in [0.3, 0.4) is 0 Å². The van der Waals surface area contributed by atoms with Gasteiger partial charge in [-0.05, 0) is 57.5 Å². The number of piperidine rings is 1. The van der Waals surface area contributed by atoms with Gasteiger partial charge in [-0.2, -0.15) is 0 Å². The molecule has 0 aliphatic carbocycles. The van der Waals surface area contributed by atoms with Crippen LogP contribution in [0.5, 0.6) is 0 Å². The van der Waals surface area contributed by atoms with Crippen molar-refractivity contribution in [3.05, 3.63) is 0 Å². The standard InChI is InChI=1S/C14H26N2O/c1-2-13-5-3-4-10-16(13)14(17)7-6-12-8-9-15-11-12/h12-13,15H,2-11H2,1H3. The number of nitrogens with zero attached hydrogens (tertiary/aromatic N) is 1. The summed E-state index contributed by atoms with van der Waals surface area (Å²) in [6.07, 6.45) is 7.94. The smallest absolute Gasteiger partial charge is 0.222 e. The number of rotatable bonds is 4. The fraction of sp³-hybridized carbons (Fsp3) is 0.929. The number of carbonyl (C=O) groups is 1. The summed E-state index contributed by atoms with van der Waals surface area (Å²) in [5.41, 5.74) is 0. The molecule has 2 atom stereocenters. The Hall–Kier alpha value is -0.570. The van der Waals surface area contributed by atoms with Crippen molar-refractivity contribution in [3.63, 3.8) is 0 Å². The highest BCUT2D eigenvalue weighted by Crippen LogP contribution is 2.22. The Labute approximate surface area is 105 Å². The molecule has 1 N–H and O–H groups in total. The quantitative estimate of drug-likeness (QED) is 0.814. The third-order valence-electron chi connectivity index (χ3n) is 4.35. The van der Waals surface area contributed by atoms with Gasteiger partial charge >= 0.3 is 0 Å². The number of hydrogen-bond donors (Lipinski definition) is 1. The summed E-state index contributed by atoms with van der Waals surface area (Å²) in [4.78, 5) is 14.4. The summed E-state index contributed by atoms with van der Waals surface area (Å²) in [6.45, 7) is 5.46. The SMILES string of the molecule is CCC1CCCCN1C(=O)CCC1CCNC1. The lowest BCUT2D eigenvalue weighted by molar-refractivity contribution is -0.135. The van der Waals surface area contributed by atoms with E-state index in [0.717, 1.165) is 44.8 Å². The highest BCUT2D eigenvalue weighted by molar-refractivity contribution is 5.76. The second-order valence-electron chi connectivity index (χ2n) is 5.54. The average Bonchev–Trinajstić information content (AvgIpc) is 2.89. The van der Waals surface area contributed by atoms with Crippen LogP contribution in [0, 0.1) is 5.92 Å². The first kappa shape index (κ1) is 12.9. The predicted octanol–water partition coefficient (Wildman–Crippen LogP) is 2.17. The third kappa shape index (κ3) is 3.44. The van der Waals surface area contributed by atoms with Crippen LogP contribution in [0.15, 0.2) is 0 Å². The van der Waals surface area contributed by atoms with E-state index in [2.05, 4.69) is 17.1 Å². The summed E-state index contributed by atoms with van der Waals surface area (Å²) >= 11 is 0. The molecule has 0 aromatic carbocycles. The van der Waals surface area contributed by atoms with E-state index in [1.54, 1.807) is 0 Å². The van der Waals surface area contributed by atoms with Crippen molar-refractivity contribution in [1.82, 2.24) is 10.2 Å². The van der Waals surface area contributed by atoms with Gasteiger partial charge in [-0.3, -0.25) is 4.79 Å². The maximum atomic E-state index is 12.2. The highest BCUT2D eigenvalue weighted by atomic mass is 16.2. The van der Waals surface area contributed by atoms with Crippen LogP contribution in [0.4, 0.5) is 0 Å². The molecule has 1 amide bonds. The van der Waals surface area contributed by atoms with Crippen LogP contribution in [0.1, 0.15) is 51.9 Å². The molecule has 2 fully saturated rings. The second kappa shape index (κ2) is 6.39. The molecule has 2 saturated heterocycles. The molecule has 3 heteroatoms. The Bertz CT molecular complexity index is 249. The van der Waals surface area contributed by atoms with E-state index < -0.39 is 0 Å². The van der Waals surface area contributed by atoms with Crippen LogP contribution >= 0.6 is 0 Å². The van der Waals surface area contributed by atoms with Gasteiger partial charge in [0.1, 0.15) is 0 Å². The Morgan fingerprint density at radius 3 is 2.94 bits per heavy atom. The minimum Gasteiger partial charge on any atom is -0.340 e. The van der Waals surface area contributed by atoms with Crippen molar-refractivity contribution in [2.75, 3.05) is 19.6 Å². The van der Waals surface area contributed by atoms with Gasteiger partial charge in [-0.1, -0.05) is 6.92 Å². The van der Waals surface area contributed by atoms with Crippen molar-refractivity contribution < 1.29 is 4.79 Å². The van der Waals surface area contributed by atoms with Gasteiger partial charge in [0.2, 0.25) is 5.91 Å². The molecule has 0 spiro atoms. The summed E-state index contributed by atoms with van der Waals surface area (Å²) < 4.78 is 0. The molecule has 0 aromatic rings. The van der Waals surface area contributed by atoms with Gasteiger partial charge < -0.3 is 10.2 Å². The van der Waals surface area contributed by atoms with E-state index in [-0.39, 0.29) is 0 Å². The topological polar surface area (TPSA) is 32.3 Å². The molecule has 0 radical (unpaired) electrons. The molecular formula is C14H26N2O. The van der Waals surface area contributed by atoms with E-state index in [1.165, 1.54) is 25.7 Å². The Kier molecular flexibility index (Phi) is 4.84. The zero-order chi connectivity index (χ0) is 12.1. The molecule has 0 saturated carbocycles. The summed E-state index contributed by atoms with van der Waals surface area (Å²) in [5.74, 6) is 1.15. The molecule has 2 heterocycles. The molecule has 2 aliphatic rings. The van der Waals surface area contributed by atoms with Crippen molar-refractivity contribution in [1.29, 1.82) is 0 Å². The zero-order valence-electron chi connectivity index (χ0n) is 11.1. The van der Waals surface area contributed by atoms with E-state index in [9.17, 15) is 4.79 Å². The summed E-state index contributed by atoms with van der Waals surface area (Å²) in [7, 11) is 0. The number of likely N-dealkylation sites (tertiary alicyclic amines) is 1. The van der Waals surface area contributed by atoms with E-state index in [4.69, 9.17) is 0 Å². The highest BCUT2D eigenvalue weighted by Gasteiger charge is 2.25. The van der Waals surface area contributed by atoms with Crippen LogP contribution in [0.25, 0.3) is 0 Å². The first-order valence-electron chi connectivity index (χ1n) is 7.31. The van der Waals surface area contributed by atoms with Gasteiger partial charge in [-0.15, -0.1) is 0 Å². The van der Waals surface area contributed by atoms with Gasteiger partial charge in [0.25, 0.3) is 0 Å². The van der Waals surface area contributed by atoms with Crippen molar-refractivity contribution in [3.8, 4) is 0 Å². The first-order chi connectivity index (χ1) is 8.31. The Morgan fingerprint density at radius 2 is 2.24 bits per heavy atom. The van der Waals surface area contributed by atoms with Crippen LogP contribution in [0.2, 0.25) is 0 Å². The van der Waals surface area contributed by atoms with Crippen LogP contribution < -0.4 is 5.32 Å². The normalized spacial score (nSPS) is 29.6. The molecule has 17 heavy (non-hydrogen) atoms. The molecule has 2 unspecified atom stereocenters. The van der Waals surface area contributed by atoms with Crippen molar-refractivity contribution in [2.45, 2.75) is 57.9 Å². The molecule has 98 valence electrons. The van der Waals surface area contributed by atoms with Crippen LogP contribution in [-0.2, 0) is 4.79 Å². The van der Waals surface area contributed by atoms with Gasteiger partial charge in [0.15, 0.2) is 0 Å². The second-order valence-corrected chi connectivity index (χ2v) is 5.54. The van der Waals surface area contributed by atoms with Gasteiger partial charge in [-0.25, -0.2) is 0 Å². The summed E-state index contributed by atoms with van der Waals surface area (Å²) in [6, 6.07) is 0.526. The lowest BCUT2D eigenvalue weighted by atomic mass is 9.97. The van der Waals surface area contributed by atoms with Crippen molar-refractivity contribution >= 4 is 5.91 Å². The summed E-state index contributed by atoms with van der Waals surface area (Å²) in [5, 5.41) is 3.37. The fourth-order valence-corrected chi connectivity index (χ4v) is 3.19. The minimum absolute atomic E-state index is 0.406. The lowest BCUT2D eigenvalue weighted by Crippen LogP contribution is -2.43. The number of amides is 1. The Balaban J connectivity index is 1.76. The maximum Gasteiger partial charge on any atom is 0.222 e. The number of hydrogen-bond acceptors (Lipinski definition) is 2. The molecule has 0 bridgehead atoms. The largest absolute Gasteiger partial charge is 0.340 e. The maximum absolute atomic E-state index is 12.2. The van der Waals surface area contributed by atoms with Gasteiger partial charge in [0.05, 0.1) is 0 Å². The monoisotopic (exact) mass is 238 g/mol. The van der Waals surface area contributed by atoms with Crippen LogP contribution in [-0.4, -0.2) is 36.5 Å².